The SMILES string of the molecule is O=C1NCCCCCN1CN1CCCC1. The summed E-state index contributed by atoms with van der Waals surface area (Å²) in [6.07, 6.45) is 6.09. The van der Waals surface area contributed by atoms with Gasteiger partial charge >= 0.3 is 6.03 Å². The monoisotopic (exact) mass is 211 g/mol. The molecule has 0 bridgehead atoms. The zero-order valence-electron chi connectivity index (χ0n) is 9.37. The van der Waals surface area contributed by atoms with E-state index in [9.17, 15) is 4.79 Å². The first-order valence-corrected chi connectivity index (χ1v) is 6.11. The van der Waals surface area contributed by atoms with Crippen LogP contribution in [0.2, 0.25) is 0 Å². The van der Waals surface area contributed by atoms with Crippen molar-refractivity contribution < 1.29 is 4.79 Å². The summed E-state index contributed by atoms with van der Waals surface area (Å²) in [5.74, 6) is 0. The number of carbonyl (C=O) groups excluding carboxylic acids is 1. The first kappa shape index (κ1) is 10.7. The summed E-state index contributed by atoms with van der Waals surface area (Å²) in [5.41, 5.74) is 0. The third-order valence-corrected chi connectivity index (χ3v) is 3.24. The van der Waals surface area contributed by atoms with Gasteiger partial charge in [0.05, 0.1) is 6.67 Å². The van der Waals surface area contributed by atoms with Crippen LogP contribution in [0.3, 0.4) is 0 Å². The first-order valence-electron chi connectivity index (χ1n) is 6.11. The minimum Gasteiger partial charge on any atom is -0.338 e. The van der Waals surface area contributed by atoms with Crippen LogP contribution >= 0.6 is 0 Å². The predicted molar refractivity (Wildman–Crippen MR) is 59.6 cm³/mol. The standard InChI is InChI=1S/C11H21N3O/c15-11-12-6-2-1-3-9-14(11)10-13-7-4-5-8-13/h1-10H2,(H,12,15). The fraction of sp³-hybridized carbons (Fsp3) is 0.909. The van der Waals surface area contributed by atoms with Crippen molar-refractivity contribution in [3.8, 4) is 0 Å². The third kappa shape index (κ3) is 3.09. The minimum atomic E-state index is 0.126. The largest absolute Gasteiger partial charge is 0.338 e. The van der Waals surface area contributed by atoms with Crippen molar-refractivity contribution in [3.05, 3.63) is 0 Å². The van der Waals surface area contributed by atoms with Gasteiger partial charge in [0.2, 0.25) is 0 Å². The van der Waals surface area contributed by atoms with Crippen molar-refractivity contribution in [3.63, 3.8) is 0 Å². The van der Waals surface area contributed by atoms with Gasteiger partial charge in [-0.15, -0.1) is 0 Å². The lowest BCUT2D eigenvalue weighted by Gasteiger charge is -2.29. The molecule has 0 atom stereocenters. The van der Waals surface area contributed by atoms with Crippen LogP contribution < -0.4 is 5.32 Å². The van der Waals surface area contributed by atoms with E-state index in [0.717, 1.165) is 45.7 Å². The van der Waals surface area contributed by atoms with Gasteiger partial charge in [0.15, 0.2) is 0 Å². The molecule has 1 N–H and O–H groups in total. The second-order valence-electron chi connectivity index (χ2n) is 4.52. The lowest BCUT2D eigenvalue weighted by molar-refractivity contribution is 0.149. The highest BCUT2D eigenvalue weighted by molar-refractivity contribution is 5.74. The van der Waals surface area contributed by atoms with Crippen molar-refractivity contribution in [2.75, 3.05) is 32.8 Å². The zero-order valence-corrected chi connectivity index (χ0v) is 9.37. The van der Waals surface area contributed by atoms with Crippen LogP contribution in [0.4, 0.5) is 4.79 Å². The van der Waals surface area contributed by atoms with E-state index in [1.807, 2.05) is 4.90 Å². The van der Waals surface area contributed by atoms with E-state index >= 15 is 0 Å². The maximum atomic E-state index is 11.7. The first-order chi connectivity index (χ1) is 7.36. The Morgan fingerprint density at radius 3 is 2.53 bits per heavy atom. The average Bonchev–Trinajstić information content (AvgIpc) is 2.70. The zero-order chi connectivity index (χ0) is 10.5. The number of amides is 2. The number of hydrogen-bond acceptors (Lipinski definition) is 2. The molecule has 2 heterocycles. The molecule has 2 aliphatic rings. The summed E-state index contributed by atoms with van der Waals surface area (Å²) in [7, 11) is 0. The van der Waals surface area contributed by atoms with Crippen molar-refractivity contribution >= 4 is 6.03 Å². The molecule has 2 fully saturated rings. The van der Waals surface area contributed by atoms with Gasteiger partial charge in [-0.2, -0.15) is 0 Å². The highest BCUT2D eigenvalue weighted by Crippen LogP contribution is 2.10. The number of urea groups is 1. The fourth-order valence-corrected chi connectivity index (χ4v) is 2.31. The van der Waals surface area contributed by atoms with E-state index in [-0.39, 0.29) is 6.03 Å². The lowest BCUT2D eigenvalue weighted by atomic mass is 10.2. The number of hydrogen-bond donors (Lipinski definition) is 1. The quantitative estimate of drug-likeness (QED) is 0.746. The van der Waals surface area contributed by atoms with Crippen LogP contribution in [-0.4, -0.2) is 48.7 Å². The van der Waals surface area contributed by atoms with Crippen molar-refractivity contribution in [1.29, 1.82) is 0 Å². The van der Waals surface area contributed by atoms with Crippen LogP contribution in [0, 0.1) is 0 Å². The van der Waals surface area contributed by atoms with E-state index in [1.54, 1.807) is 0 Å². The molecule has 0 spiro atoms. The normalized spacial score (nSPS) is 24.8. The number of nitrogens with one attached hydrogen (secondary N) is 1. The van der Waals surface area contributed by atoms with Gasteiger partial charge in [0, 0.05) is 13.1 Å². The Hall–Kier alpha value is -0.770. The van der Waals surface area contributed by atoms with Gasteiger partial charge in [-0.3, -0.25) is 4.90 Å². The molecule has 0 saturated carbocycles. The summed E-state index contributed by atoms with van der Waals surface area (Å²) in [6.45, 7) is 4.90. The summed E-state index contributed by atoms with van der Waals surface area (Å²) in [6, 6.07) is 0.126. The van der Waals surface area contributed by atoms with E-state index < -0.39 is 0 Å². The molecule has 2 rings (SSSR count). The molecule has 4 heteroatoms. The van der Waals surface area contributed by atoms with Crippen molar-refractivity contribution in [2.45, 2.75) is 32.1 Å². The van der Waals surface area contributed by atoms with Gasteiger partial charge in [0.1, 0.15) is 0 Å². The summed E-state index contributed by atoms with van der Waals surface area (Å²) >= 11 is 0. The molecule has 0 unspecified atom stereocenters. The number of carbonyl (C=O) groups is 1. The van der Waals surface area contributed by atoms with Crippen LogP contribution in [0.15, 0.2) is 0 Å². The topological polar surface area (TPSA) is 35.6 Å². The molecule has 0 aliphatic carbocycles. The number of likely N-dealkylation sites (tertiary alicyclic amines) is 1. The van der Waals surface area contributed by atoms with Gasteiger partial charge in [-0.05, 0) is 45.2 Å². The Morgan fingerprint density at radius 1 is 1.00 bits per heavy atom. The summed E-state index contributed by atoms with van der Waals surface area (Å²) in [4.78, 5) is 16.1. The minimum absolute atomic E-state index is 0.126. The van der Waals surface area contributed by atoms with E-state index in [2.05, 4.69) is 10.2 Å². The van der Waals surface area contributed by atoms with Gasteiger partial charge in [-0.1, -0.05) is 0 Å². The Morgan fingerprint density at radius 2 is 1.73 bits per heavy atom. The van der Waals surface area contributed by atoms with Gasteiger partial charge < -0.3 is 10.2 Å². The molecule has 0 aromatic heterocycles. The highest BCUT2D eigenvalue weighted by Gasteiger charge is 2.19. The lowest BCUT2D eigenvalue weighted by Crippen LogP contribution is -2.47. The second kappa shape index (κ2) is 5.35. The molecule has 15 heavy (non-hydrogen) atoms. The van der Waals surface area contributed by atoms with Crippen molar-refractivity contribution in [1.82, 2.24) is 15.1 Å². The van der Waals surface area contributed by atoms with E-state index in [4.69, 9.17) is 0 Å². The Bertz CT molecular complexity index is 214. The molecule has 2 aliphatic heterocycles. The fourth-order valence-electron chi connectivity index (χ4n) is 2.31. The Balaban J connectivity index is 1.83. The molecule has 0 aromatic carbocycles. The summed E-state index contributed by atoms with van der Waals surface area (Å²) in [5, 5.41) is 2.97. The molecular formula is C11H21N3O. The highest BCUT2D eigenvalue weighted by atomic mass is 16.2. The maximum Gasteiger partial charge on any atom is 0.318 e. The molecule has 0 aromatic rings. The van der Waals surface area contributed by atoms with Crippen LogP contribution in [0.5, 0.6) is 0 Å². The Kier molecular flexibility index (Phi) is 3.83. The molecule has 2 saturated heterocycles. The molecule has 4 nitrogen and oxygen atoms in total. The summed E-state index contributed by atoms with van der Waals surface area (Å²) < 4.78 is 0. The molecule has 0 radical (unpaired) electrons. The van der Waals surface area contributed by atoms with Crippen LogP contribution in [0.1, 0.15) is 32.1 Å². The molecule has 86 valence electrons. The molecular weight excluding hydrogens is 190 g/mol. The average molecular weight is 211 g/mol. The second-order valence-corrected chi connectivity index (χ2v) is 4.52. The van der Waals surface area contributed by atoms with Crippen LogP contribution in [-0.2, 0) is 0 Å². The van der Waals surface area contributed by atoms with Crippen molar-refractivity contribution in [2.24, 2.45) is 0 Å². The Labute approximate surface area is 91.6 Å². The third-order valence-electron chi connectivity index (χ3n) is 3.24. The van der Waals surface area contributed by atoms with E-state index in [1.165, 1.54) is 19.3 Å². The number of rotatable bonds is 2. The maximum absolute atomic E-state index is 11.7. The van der Waals surface area contributed by atoms with Gasteiger partial charge in [-0.25, -0.2) is 4.79 Å². The smallest absolute Gasteiger partial charge is 0.318 e. The molecule has 2 amide bonds. The number of nitrogens with zero attached hydrogens (tertiary/aromatic N) is 2. The van der Waals surface area contributed by atoms with Gasteiger partial charge in [0.25, 0.3) is 0 Å². The van der Waals surface area contributed by atoms with E-state index in [0.29, 0.717) is 0 Å². The van der Waals surface area contributed by atoms with Crippen LogP contribution in [0.25, 0.3) is 0 Å². The predicted octanol–water partition coefficient (Wildman–Crippen LogP) is 1.24.